The lowest BCUT2D eigenvalue weighted by atomic mass is 9.91. The Morgan fingerprint density at radius 2 is 1.16 bits per heavy atom. The van der Waals surface area contributed by atoms with Crippen LogP contribution >= 0.6 is 0 Å². The number of nitrogens with zero attached hydrogens (tertiary/aromatic N) is 10. The van der Waals surface area contributed by atoms with E-state index in [1.165, 1.54) is 87.6 Å². The van der Waals surface area contributed by atoms with Crippen LogP contribution in [-0.4, -0.2) is 255 Å². The minimum atomic E-state index is -1.67. The number of likely N-dealkylation sites (N-methyl/N-ethyl adjacent to an activating group) is 7. The van der Waals surface area contributed by atoms with E-state index in [2.05, 4.69) is 41.7 Å². The Hall–Kier alpha value is -6.29. The quantitative estimate of drug-likeness (QED) is 0.0405. The van der Waals surface area contributed by atoms with Crippen molar-refractivity contribution in [3.8, 4) is 0 Å². The van der Waals surface area contributed by atoms with E-state index in [0.717, 1.165) is 10.7 Å². The molecule has 536 valence electrons. The standard InChI is InChI=1S/C67H121N15O12/c1-25-26-49(62(91)75(19)48(16)61(90)80(24)67(38-85,34-43(8)9)72-51(36-83)44(10)11)70-59(88)56(57(86)46(14)27-28-81-29-30-82-39-69-74-54(82)35-81)79(23)65(94)55(45(12)13)78(22)64(93)53(33-42(6)7)77(21)63(92)52(32-41(4)5)76(20)60(89)47(15)71-66(17,37-84)73-58(87)50(68-18)31-40(2)3/h36-53,55-57,68,71-72,86H,25-35H2,1-24H3,(H,70,88)(H,73,87). The average molecular weight is 1330 g/mol. The van der Waals surface area contributed by atoms with Gasteiger partial charge in [0.1, 0.15) is 60.4 Å². The first-order valence-corrected chi connectivity index (χ1v) is 33.8. The van der Waals surface area contributed by atoms with Crippen LogP contribution in [0.25, 0.3) is 0 Å². The number of amides is 8. The molecule has 0 bridgehead atoms. The Labute approximate surface area is 561 Å². The van der Waals surface area contributed by atoms with Crippen LogP contribution in [0.15, 0.2) is 6.33 Å². The lowest BCUT2D eigenvalue weighted by molar-refractivity contribution is -0.157. The molecule has 13 unspecified atom stereocenters. The molecule has 13 atom stereocenters. The molecule has 27 heteroatoms. The number of hydrogen-bond acceptors (Lipinski definition) is 18. The minimum absolute atomic E-state index is 0.0760. The number of aliphatic hydroxyl groups excluding tert-OH is 1. The molecule has 0 spiro atoms. The molecular weight excluding hydrogens is 1210 g/mol. The fourth-order valence-electron chi connectivity index (χ4n) is 12.3. The molecule has 0 aliphatic carbocycles. The van der Waals surface area contributed by atoms with Gasteiger partial charge in [0, 0.05) is 55.4 Å². The third-order valence-electron chi connectivity index (χ3n) is 18.3. The highest BCUT2D eigenvalue weighted by Crippen LogP contribution is 2.27. The normalized spacial score (nSPS) is 17.6. The van der Waals surface area contributed by atoms with Crippen molar-refractivity contribution in [3.63, 3.8) is 0 Å². The molecule has 0 aromatic carbocycles. The van der Waals surface area contributed by atoms with Crippen molar-refractivity contribution in [1.82, 2.24) is 75.6 Å². The number of hydrogen-bond donors (Lipinski definition) is 6. The topological polar surface area (TPSA) is 322 Å². The maximum atomic E-state index is 15.5. The van der Waals surface area contributed by atoms with Gasteiger partial charge in [-0.05, 0) is 114 Å². The van der Waals surface area contributed by atoms with E-state index in [9.17, 15) is 38.7 Å². The highest BCUT2D eigenvalue weighted by Gasteiger charge is 2.47. The first-order valence-electron chi connectivity index (χ1n) is 33.8. The summed E-state index contributed by atoms with van der Waals surface area (Å²) in [6.45, 7) is 32.6. The third-order valence-corrected chi connectivity index (χ3v) is 18.3. The van der Waals surface area contributed by atoms with E-state index in [0.29, 0.717) is 64.3 Å². The Bertz CT molecular complexity index is 2670. The number of carbonyl (C=O) groups is 11. The highest BCUT2D eigenvalue weighted by atomic mass is 16.3. The van der Waals surface area contributed by atoms with Gasteiger partial charge >= 0.3 is 0 Å². The second-order valence-electron chi connectivity index (χ2n) is 28.9. The number of aromatic nitrogens is 3. The summed E-state index contributed by atoms with van der Waals surface area (Å²) in [6.07, 6.45) is 3.68. The SMILES string of the molecule is CCCC(NC(=O)C(C(O)C(C)CCN1CCn2cnnc2C1)N(C)C(=O)C(C(C)C)N(C)C(=O)C(CC(C)C)N(C)C(=O)C(CC(C)C)N(C)C(=O)C(C)NC(C)(C=O)NC(=O)C(CC(C)C)NC)C(=O)N(C)C(C)C(=O)N(C)C(C=O)(CC(C)C)NC(C=O)C(C)C. The Balaban J connectivity index is 2.70. The highest BCUT2D eigenvalue weighted by molar-refractivity contribution is 5.98. The van der Waals surface area contributed by atoms with Crippen molar-refractivity contribution in [2.24, 2.45) is 41.4 Å². The van der Waals surface area contributed by atoms with Crippen LogP contribution in [-0.2, 0) is 65.8 Å². The van der Waals surface area contributed by atoms with E-state index >= 15 is 19.2 Å². The number of aldehydes is 3. The molecular formula is C67H121N15O12. The summed E-state index contributed by atoms with van der Waals surface area (Å²) in [6, 6.07) is -10.2. The number of rotatable bonds is 41. The Morgan fingerprint density at radius 3 is 1.64 bits per heavy atom. The number of nitrogens with one attached hydrogen (secondary N) is 5. The third kappa shape index (κ3) is 22.7. The Kier molecular flexibility index (Phi) is 33.8. The van der Waals surface area contributed by atoms with E-state index in [4.69, 9.17) is 0 Å². The van der Waals surface area contributed by atoms with Crippen LogP contribution in [0.1, 0.15) is 168 Å². The van der Waals surface area contributed by atoms with Gasteiger partial charge in [-0.25, -0.2) is 0 Å². The first kappa shape index (κ1) is 83.8. The molecule has 0 saturated carbocycles. The molecule has 0 saturated heterocycles. The Morgan fingerprint density at radius 1 is 0.617 bits per heavy atom. The predicted octanol–water partition coefficient (Wildman–Crippen LogP) is 2.53. The maximum Gasteiger partial charge on any atom is 0.246 e. The largest absolute Gasteiger partial charge is 0.390 e. The van der Waals surface area contributed by atoms with E-state index in [-0.39, 0.29) is 55.3 Å². The summed E-state index contributed by atoms with van der Waals surface area (Å²) in [5.74, 6) is -6.08. The number of aliphatic hydroxyl groups is 1. The van der Waals surface area contributed by atoms with Crippen molar-refractivity contribution in [3.05, 3.63) is 12.2 Å². The number of carbonyl (C=O) groups excluding carboxylic acids is 11. The lowest BCUT2D eigenvalue weighted by Crippen LogP contribution is -2.67. The molecule has 1 aromatic heterocycles. The average Bonchev–Trinajstić information content (AvgIpc) is 0.966. The zero-order valence-corrected chi connectivity index (χ0v) is 61.3. The van der Waals surface area contributed by atoms with E-state index < -0.39 is 131 Å². The van der Waals surface area contributed by atoms with Gasteiger partial charge in [-0.3, -0.25) is 63.5 Å². The van der Waals surface area contributed by atoms with Gasteiger partial charge in [0.05, 0.1) is 30.8 Å². The predicted molar refractivity (Wildman–Crippen MR) is 360 cm³/mol. The van der Waals surface area contributed by atoms with E-state index in [1.807, 2.05) is 73.8 Å². The molecule has 0 fully saturated rings. The number of fused-ring (bicyclic) bond motifs is 1. The summed E-state index contributed by atoms with van der Waals surface area (Å²) < 4.78 is 1.96. The van der Waals surface area contributed by atoms with Crippen LogP contribution in [0.3, 0.4) is 0 Å². The van der Waals surface area contributed by atoms with Crippen LogP contribution < -0.4 is 26.6 Å². The lowest BCUT2D eigenvalue weighted by Gasteiger charge is -2.43. The molecule has 1 aliphatic rings. The van der Waals surface area contributed by atoms with Gasteiger partial charge in [0.15, 0.2) is 18.2 Å². The van der Waals surface area contributed by atoms with Crippen molar-refractivity contribution in [2.75, 3.05) is 62.4 Å². The smallest absolute Gasteiger partial charge is 0.246 e. The molecule has 2 heterocycles. The summed E-state index contributed by atoms with van der Waals surface area (Å²) >= 11 is 0. The van der Waals surface area contributed by atoms with Crippen LogP contribution in [0, 0.1) is 41.4 Å². The molecule has 2 rings (SSSR count). The van der Waals surface area contributed by atoms with Crippen LogP contribution in [0.2, 0.25) is 0 Å². The molecule has 27 nitrogen and oxygen atoms in total. The molecule has 1 aliphatic heterocycles. The van der Waals surface area contributed by atoms with Gasteiger partial charge in [0.25, 0.3) is 0 Å². The van der Waals surface area contributed by atoms with Crippen molar-refractivity contribution < 1.29 is 57.8 Å². The molecule has 0 radical (unpaired) electrons. The molecule has 94 heavy (non-hydrogen) atoms. The fraction of sp³-hybridized carbons (Fsp3) is 0.806. The first-order chi connectivity index (χ1) is 43.7. The zero-order valence-electron chi connectivity index (χ0n) is 61.3. The van der Waals surface area contributed by atoms with Gasteiger partial charge in [-0.2, -0.15) is 0 Å². The summed E-state index contributed by atoms with van der Waals surface area (Å²) in [5.41, 5.74) is -3.30. The zero-order chi connectivity index (χ0) is 72.2. The maximum absolute atomic E-state index is 15.5. The second kappa shape index (κ2) is 37.9. The van der Waals surface area contributed by atoms with Crippen LogP contribution in [0.4, 0.5) is 0 Å². The van der Waals surface area contributed by atoms with Crippen molar-refractivity contribution in [1.29, 1.82) is 0 Å². The minimum Gasteiger partial charge on any atom is -0.390 e. The summed E-state index contributed by atoms with van der Waals surface area (Å²) in [7, 11) is 10.3. The van der Waals surface area contributed by atoms with Crippen LogP contribution in [0.5, 0.6) is 0 Å². The monoisotopic (exact) mass is 1330 g/mol. The molecule has 6 N–H and O–H groups in total. The summed E-state index contributed by atoms with van der Waals surface area (Å²) in [4.78, 5) is 166. The fourth-order valence-corrected chi connectivity index (χ4v) is 12.3. The summed E-state index contributed by atoms with van der Waals surface area (Å²) in [5, 5.41) is 35.5. The second-order valence-corrected chi connectivity index (χ2v) is 28.9. The van der Waals surface area contributed by atoms with Gasteiger partial charge in [0.2, 0.25) is 47.3 Å². The van der Waals surface area contributed by atoms with Gasteiger partial charge in [-0.15, -0.1) is 10.2 Å². The molecule has 8 amide bonds. The van der Waals surface area contributed by atoms with Crippen molar-refractivity contribution >= 4 is 66.1 Å². The van der Waals surface area contributed by atoms with Gasteiger partial charge < -0.3 is 59.8 Å². The van der Waals surface area contributed by atoms with E-state index in [1.54, 1.807) is 41.1 Å². The molecule has 1 aromatic rings. The van der Waals surface area contributed by atoms with Gasteiger partial charge in [-0.1, -0.05) is 103 Å². The van der Waals surface area contributed by atoms with Crippen molar-refractivity contribution in [2.45, 2.75) is 248 Å².